The lowest BCUT2D eigenvalue weighted by atomic mass is 10.1. The molecule has 2 saturated heterocycles. The number of pyridine rings is 1. The smallest absolute Gasteiger partial charge is 0.408 e. The number of phosphoric ester groups is 1. The van der Waals surface area contributed by atoms with E-state index < -0.39 is 113 Å². The highest BCUT2D eigenvalue weighted by Gasteiger charge is 2.56. The number of nitrogens with one attached hydrogen (secondary N) is 2. The van der Waals surface area contributed by atoms with Gasteiger partial charge in [0.25, 0.3) is 11.5 Å². The number of phosphoric acid groups is 1. The van der Waals surface area contributed by atoms with Gasteiger partial charge in [-0.1, -0.05) is 59.7 Å². The molecule has 2 unspecified atom stereocenters. The lowest BCUT2D eigenvalue weighted by Gasteiger charge is -2.41. The molecule has 6 heterocycles. The summed E-state index contributed by atoms with van der Waals surface area (Å²) in [5, 5.41) is 22.5. The Morgan fingerprint density at radius 2 is 1.51 bits per heavy atom. The fourth-order valence-corrected chi connectivity index (χ4v) is 12.0. The number of nitriles is 1. The summed E-state index contributed by atoms with van der Waals surface area (Å²) < 4.78 is 82.1. The van der Waals surface area contributed by atoms with Gasteiger partial charge in [-0.25, -0.2) is 24.5 Å². The Balaban J connectivity index is 1.25. The Morgan fingerprint density at radius 3 is 2.16 bits per heavy atom. The number of aromatic amines is 1. The van der Waals surface area contributed by atoms with Crippen molar-refractivity contribution in [1.29, 1.82) is 5.26 Å². The Bertz CT molecular complexity index is 2830. The molecule has 4 N–H and O–H groups in total. The van der Waals surface area contributed by atoms with Crippen LogP contribution >= 0.6 is 16.1 Å². The number of ether oxygens (including phenoxy) is 2. The summed E-state index contributed by atoms with van der Waals surface area (Å²) in [4.78, 5) is 56.3. The number of hydrogen-bond donors (Lipinski definition) is 4. The Kier molecular flexibility index (Phi) is 16.0. The van der Waals surface area contributed by atoms with E-state index in [9.17, 15) is 29.4 Å². The summed E-state index contributed by atoms with van der Waals surface area (Å²) in [6.45, 7) is 18.3. The first-order chi connectivity index (χ1) is 32.9. The molecule has 23 nitrogen and oxygen atoms in total. The van der Waals surface area contributed by atoms with Crippen LogP contribution in [0.2, 0.25) is 36.3 Å². The van der Waals surface area contributed by atoms with E-state index in [0.29, 0.717) is 11.1 Å². The van der Waals surface area contributed by atoms with E-state index in [1.54, 1.807) is 41.0 Å². The van der Waals surface area contributed by atoms with Crippen molar-refractivity contribution in [1.82, 2.24) is 34.1 Å². The van der Waals surface area contributed by atoms with Gasteiger partial charge in [0.05, 0.1) is 50.5 Å². The molecule has 4 aromatic heterocycles. The minimum absolute atomic E-state index is 0.0725. The largest absolute Gasteiger partial charge is 0.475 e. The number of amides is 1. The van der Waals surface area contributed by atoms with Crippen LogP contribution in [0.15, 0.2) is 66.4 Å². The van der Waals surface area contributed by atoms with Gasteiger partial charge in [0, 0.05) is 11.8 Å². The zero-order valence-corrected chi connectivity index (χ0v) is 44.5. The normalized spacial score (nSPS) is 24.7. The number of imidazole rings is 2. The van der Waals surface area contributed by atoms with E-state index in [2.05, 4.69) is 30.2 Å². The topological polar surface area (TPSA) is 296 Å². The summed E-state index contributed by atoms with van der Waals surface area (Å²) in [5.41, 5.74) is 0.754. The Hall–Kier alpha value is -4.36. The Morgan fingerprint density at radius 1 is 0.886 bits per heavy atom. The standard InChI is InChI=1S/C43H61N9O14P2Si2/c1-42(2,3)69(7,8)65-33-29(62-40(34(33)63-67(56)57)51-24-48-30-27(51)17-19-45-39(30)55)22-60-68(58,59-20-14-18-44)64-32-28(21-53)61-41(35(32)66-70(9,10)43(4,5)6)52-25-49-31-36(46-23-47-37(31)52)50-38(54)26-15-12-11-13-16-26/h11-13,15-17,19,23-25,28-29,32-35,40-41,53,67H,14,20-22H2,1-10H3,(H,45,55)(H,56,57)(H,46,47,50,54)/t28-,29-,32-,33-,34-,35-,40-,41-,68?/m1/s1. The maximum atomic E-state index is 15.3. The summed E-state index contributed by atoms with van der Waals surface area (Å²) in [6, 6.07) is 12.1. The number of nitrogens with zero attached hydrogens (tertiary/aromatic N) is 7. The van der Waals surface area contributed by atoms with Crippen LogP contribution in [0.3, 0.4) is 0 Å². The lowest BCUT2D eigenvalue weighted by Crippen LogP contribution is -2.50. The summed E-state index contributed by atoms with van der Waals surface area (Å²) in [7, 11) is -14.1. The third kappa shape index (κ3) is 11.3. The number of carbonyl (C=O) groups excluding carboxylic acids is 1. The third-order valence-corrected chi connectivity index (χ3v) is 24.1. The maximum absolute atomic E-state index is 15.3. The minimum Gasteiger partial charge on any atom is -0.408 e. The number of anilines is 1. The first-order valence-corrected chi connectivity index (χ1v) is 31.1. The highest BCUT2D eigenvalue weighted by Crippen LogP contribution is 2.56. The number of aromatic nitrogens is 7. The molecule has 70 heavy (non-hydrogen) atoms. The van der Waals surface area contributed by atoms with Gasteiger partial charge < -0.3 is 43.2 Å². The quantitative estimate of drug-likeness (QED) is 0.0385. The predicted octanol–water partition coefficient (Wildman–Crippen LogP) is 6.59. The van der Waals surface area contributed by atoms with E-state index >= 15 is 4.57 Å². The molecule has 0 aliphatic carbocycles. The number of fused-ring (bicyclic) bond motifs is 2. The van der Waals surface area contributed by atoms with E-state index in [4.69, 9.17) is 36.4 Å². The molecule has 7 rings (SSSR count). The van der Waals surface area contributed by atoms with Crippen molar-refractivity contribution >= 4 is 66.6 Å². The summed E-state index contributed by atoms with van der Waals surface area (Å²) in [5.74, 6) is -0.308. The van der Waals surface area contributed by atoms with Crippen LogP contribution in [0.5, 0.6) is 0 Å². The molecule has 0 radical (unpaired) electrons. The average Bonchev–Trinajstić information content (AvgIpc) is 4.07. The first kappa shape index (κ1) is 53.4. The number of rotatable bonds is 19. The molecular weight excluding hydrogens is 985 g/mol. The maximum Gasteiger partial charge on any atom is 0.475 e. The van der Waals surface area contributed by atoms with Gasteiger partial charge in [0.2, 0.25) is 0 Å². The van der Waals surface area contributed by atoms with Crippen molar-refractivity contribution in [2.45, 2.75) is 133 Å². The van der Waals surface area contributed by atoms with Crippen molar-refractivity contribution in [2.24, 2.45) is 0 Å². The van der Waals surface area contributed by atoms with Crippen LogP contribution in [0.4, 0.5) is 5.82 Å². The molecule has 5 aromatic rings. The molecule has 27 heteroatoms. The molecule has 0 spiro atoms. The van der Waals surface area contributed by atoms with E-state index in [0.717, 1.165) is 0 Å². The highest BCUT2D eigenvalue weighted by molar-refractivity contribution is 7.48. The molecule has 10 atom stereocenters. The first-order valence-electron chi connectivity index (χ1n) is 22.6. The monoisotopic (exact) mass is 1050 g/mol. The van der Waals surface area contributed by atoms with Crippen molar-refractivity contribution < 1.29 is 60.3 Å². The molecule has 0 bridgehead atoms. The van der Waals surface area contributed by atoms with Crippen molar-refractivity contribution in [3.05, 3.63) is 77.5 Å². The van der Waals surface area contributed by atoms with Gasteiger partial charge in [-0.05, 0) is 54.5 Å². The second kappa shape index (κ2) is 21.0. The number of aliphatic hydroxyl groups excluding tert-OH is 1. The SMILES string of the molecule is CC(C)(C)[Si](C)(C)O[C@@H]1[C@H](OP(=O)(OCCC#N)OC[C@H]2O[C@@H](n3cnc4c(=O)[nH]ccc43)[C@H](O[PH](=O)O)[C@@H]2O[Si](C)(C)C(C)(C)C)[C@@H](CO)O[C@H]1n1cnc2c(NC(=O)c3ccccc3)ncnc21. The van der Waals surface area contributed by atoms with Crippen molar-refractivity contribution in [3.63, 3.8) is 0 Å². The summed E-state index contributed by atoms with van der Waals surface area (Å²) in [6.07, 6.45) is -4.52. The molecular formula is C43H61N9O14P2Si2. The number of H-pyrrole nitrogens is 1. The molecule has 1 amide bonds. The van der Waals surface area contributed by atoms with E-state index in [-0.39, 0.29) is 39.0 Å². The van der Waals surface area contributed by atoms with Gasteiger partial charge in [0.1, 0.15) is 43.0 Å². The second-order valence-electron chi connectivity index (χ2n) is 20.0. The zero-order chi connectivity index (χ0) is 51.0. The third-order valence-electron chi connectivity index (χ3n) is 13.3. The minimum atomic E-state index is -4.87. The van der Waals surface area contributed by atoms with E-state index in [1.807, 2.05) is 73.8 Å². The van der Waals surface area contributed by atoms with Crippen LogP contribution in [0.1, 0.15) is 70.8 Å². The molecule has 0 saturated carbocycles. The number of carbonyl (C=O) groups is 1. The van der Waals surface area contributed by atoms with Crippen LogP contribution in [-0.4, -0.2) is 123 Å². The molecule has 1 aromatic carbocycles. The molecule has 2 fully saturated rings. The summed E-state index contributed by atoms with van der Waals surface area (Å²) >= 11 is 0. The fraction of sp³-hybridized carbons (Fsp3) is 0.558. The number of aliphatic hydroxyl groups is 1. The number of benzene rings is 1. The second-order valence-corrected chi connectivity index (χ2v) is 31.9. The van der Waals surface area contributed by atoms with Crippen LogP contribution in [-0.2, 0) is 45.6 Å². The molecule has 380 valence electrons. The van der Waals surface area contributed by atoms with Crippen LogP contribution < -0.4 is 10.9 Å². The van der Waals surface area contributed by atoms with Crippen molar-refractivity contribution in [3.8, 4) is 6.07 Å². The van der Waals surface area contributed by atoms with Gasteiger partial charge >= 0.3 is 16.1 Å². The number of hydrogen-bond acceptors (Lipinski definition) is 18. The van der Waals surface area contributed by atoms with E-state index in [1.165, 1.54) is 29.7 Å². The predicted molar refractivity (Wildman–Crippen MR) is 260 cm³/mol. The molecule has 2 aliphatic rings. The highest BCUT2D eigenvalue weighted by atomic mass is 31.2. The van der Waals surface area contributed by atoms with Crippen LogP contribution in [0, 0.1) is 11.3 Å². The van der Waals surface area contributed by atoms with Crippen LogP contribution in [0.25, 0.3) is 22.2 Å². The van der Waals surface area contributed by atoms with Crippen molar-refractivity contribution in [2.75, 3.05) is 25.1 Å². The van der Waals surface area contributed by atoms with Gasteiger partial charge in [-0.15, -0.1) is 0 Å². The van der Waals surface area contributed by atoms with Gasteiger partial charge in [-0.2, -0.15) is 5.26 Å². The average molecular weight is 1050 g/mol. The zero-order valence-electron chi connectivity index (χ0n) is 40.6. The Labute approximate surface area is 407 Å². The lowest BCUT2D eigenvalue weighted by molar-refractivity contribution is -0.0591. The van der Waals surface area contributed by atoms with Gasteiger partial charge in [0.15, 0.2) is 51.6 Å². The van der Waals surface area contributed by atoms with Gasteiger partial charge in [-0.3, -0.25) is 36.8 Å². The molecule has 2 aliphatic heterocycles. The fourth-order valence-electron chi connectivity index (χ4n) is 7.51.